The first-order valence-electron chi connectivity index (χ1n) is 4.17. The van der Waals surface area contributed by atoms with E-state index in [0.29, 0.717) is 0 Å². The largest absolute Gasteiger partial charge is 0.313 e. The summed E-state index contributed by atoms with van der Waals surface area (Å²) in [4.78, 5) is 0. The maximum absolute atomic E-state index is 5.11. The third-order valence-electron chi connectivity index (χ3n) is 1.42. The van der Waals surface area contributed by atoms with Crippen LogP contribution >= 0.6 is 0 Å². The quantitative estimate of drug-likeness (QED) is 0.347. The van der Waals surface area contributed by atoms with E-state index in [1.165, 1.54) is 6.42 Å². The van der Waals surface area contributed by atoms with Gasteiger partial charge in [-0.3, -0.25) is 0 Å². The van der Waals surface area contributed by atoms with Crippen LogP contribution in [0.25, 0.3) is 0 Å². The van der Waals surface area contributed by atoms with Gasteiger partial charge in [-0.25, -0.2) is 0 Å². The van der Waals surface area contributed by atoms with Crippen LogP contribution in [0, 0.1) is 12.3 Å². The summed E-state index contributed by atoms with van der Waals surface area (Å²) in [5.74, 6) is 2.63. The molecule has 1 heteroatoms. The lowest BCUT2D eigenvalue weighted by atomic mass is 10.2. The van der Waals surface area contributed by atoms with E-state index in [1.54, 1.807) is 0 Å². The van der Waals surface area contributed by atoms with Crippen molar-refractivity contribution in [2.24, 2.45) is 0 Å². The summed E-state index contributed by atoms with van der Waals surface area (Å²) in [5, 5.41) is 3.29. The number of rotatable bonds is 6. The summed E-state index contributed by atoms with van der Waals surface area (Å²) < 4.78 is 0. The highest BCUT2D eigenvalue weighted by molar-refractivity contribution is 4.83. The SMILES string of the molecule is C#CCCCCNC/C=C/C. The molecule has 0 aliphatic carbocycles. The smallest absolute Gasteiger partial charge is 0.0134 e. The van der Waals surface area contributed by atoms with Gasteiger partial charge >= 0.3 is 0 Å². The lowest BCUT2D eigenvalue weighted by Crippen LogP contribution is -2.14. The van der Waals surface area contributed by atoms with Crippen molar-refractivity contribution in [2.75, 3.05) is 13.1 Å². The molecule has 11 heavy (non-hydrogen) atoms. The molecule has 0 atom stereocenters. The van der Waals surface area contributed by atoms with Gasteiger partial charge in [-0.1, -0.05) is 12.2 Å². The third kappa shape index (κ3) is 9.26. The van der Waals surface area contributed by atoms with Crippen LogP contribution in [0.1, 0.15) is 26.2 Å². The molecule has 0 amide bonds. The zero-order valence-corrected chi connectivity index (χ0v) is 7.27. The van der Waals surface area contributed by atoms with Crippen LogP contribution < -0.4 is 5.32 Å². The van der Waals surface area contributed by atoms with Gasteiger partial charge < -0.3 is 5.32 Å². The molecule has 0 fully saturated rings. The Hall–Kier alpha value is -0.740. The highest BCUT2D eigenvalue weighted by Crippen LogP contribution is 1.90. The predicted octanol–water partition coefficient (Wildman–Crippen LogP) is 1.96. The molecule has 1 N–H and O–H groups in total. The van der Waals surface area contributed by atoms with E-state index in [4.69, 9.17) is 6.42 Å². The fourth-order valence-corrected chi connectivity index (χ4v) is 0.780. The average Bonchev–Trinajstić information content (AvgIpc) is 2.03. The molecule has 0 radical (unpaired) electrons. The van der Waals surface area contributed by atoms with Gasteiger partial charge in [0.05, 0.1) is 0 Å². The number of hydrogen-bond acceptors (Lipinski definition) is 1. The lowest BCUT2D eigenvalue weighted by Gasteiger charge is -1.98. The van der Waals surface area contributed by atoms with Gasteiger partial charge in [0, 0.05) is 13.0 Å². The van der Waals surface area contributed by atoms with E-state index in [1.807, 2.05) is 6.92 Å². The molecule has 0 bridgehead atoms. The molecule has 0 aromatic rings. The Labute approximate surface area is 69.9 Å². The zero-order chi connectivity index (χ0) is 8.36. The molecule has 0 rings (SSSR count). The Kier molecular flexibility index (Phi) is 8.64. The zero-order valence-electron chi connectivity index (χ0n) is 7.27. The molecular weight excluding hydrogens is 134 g/mol. The van der Waals surface area contributed by atoms with Crippen LogP contribution in [0.2, 0.25) is 0 Å². The van der Waals surface area contributed by atoms with Crippen molar-refractivity contribution in [1.82, 2.24) is 5.32 Å². The summed E-state index contributed by atoms with van der Waals surface area (Å²) >= 11 is 0. The fourth-order valence-electron chi connectivity index (χ4n) is 0.780. The van der Waals surface area contributed by atoms with Crippen LogP contribution in [0.4, 0.5) is 0 Å². The average molecular weight is 151 g/mol. The van der Waals surface area contributed by atoms with Crippen LogP contribution in [0.15, 0.2) is 12.2 Å². The number of terminal acetylenes is 1. The van der Waals surface area contributed by atoms with Crippen LogP contribution in [0.5, 0.6) is 0 Å². The Balaban J connectivity index is 2.86. The monoisotopic (exact) mass is 151 g/mol. The summed E-state index contributed by atoms with van der Waals surface area (Å²) in [6.45, 7) is 4.08. The molecule has 0 saturated heterocycles. The highest BCUT2D eigenvalue weighted by Gasteiger charge is 1.84. The minimum atomic E-state index is 0.908. The minimum Gasteiger partial charge on any atom is -0.313 e. The molecule has 0 unspecified atom stereocenters. The van der Waals surface area contributed by atoms with Crippen LogP contribution in [-0.2, 0) is 0 Å². The summed E-state index contributed by atoms with van der Waals surface area (Å²) in [7, 11) is 0. The highest BCUT2D eigenvalue weighted by atomic mass is 14.8. The van der Waals surface area contributed by atoms with Crippen molar-refractivity contribution in [3.8, 4) is 12.3 Å². The van der Waals surface area contributed by atoms with E-state index in [9.17, 15) is 0 Å². The number of unbranched alkanes of at least 4 members (excludes halogenated alkanes) is 2. The Morgan fingerprint density at radius 2 is 2.27 bits per heavy atom. The predicted molar refractivity (Wildman–Crippen MR) is 50.4 cm³/mol. The molecular formula is C10H17N. The van der Waals surface area contributed by atoms with E-state index < -0.39 is 0 Å². The fraction of sp³-hybridized carbons (Fsp3) is 0.600. The number of allylic oxidation sites excluding steroid dienone is 1. The van der Waals surface area contributed by atoms with Gasteiger partial charge in [0.2, 0.25) is 0 Å². The maximum Gasteiger partial charge on any atom is 0.0134 e. The molecule has 62 valence electrons. The van der Waals surface area contributed by atoms with Crippen molar-refractivity contribution in [2.45, 2.75) is 26.2 Å². The lowest BCUT2D eigenvalue weighted by molar-refractivity contribution is 0.665. The van der Waals surface area contributed by atoms with Gasteiger partial charge in [0.1, 0.15) is 0 Å². The normalized spacial score (nSPS) is 10.2. The summed E-state index contributed by atoms with van der Waals surface area (Å²) in [6.07, 6.45) is 12.5. The summed E-state index contributed by atoms with van der Waals surface area (Å²) in [5.41, 5.74) is 0. The van der Waals surface area contributed by atoms with Crippen molar-refractivity contribution < 1.29 is 0 Å². The van der Waals surface area contributed by atoms with Crippen molar-refractivity contribution in [1.29, 1.82) is 0 Å². The number of nitrogens with one attached hydrogen (secondary N) is 1. The maximum atomic E-state index is 5.11. The molecule has 0 heterocycles. The Morgan fingerprint density at radius 3 is 2.91 bits per heavy atom. The second-order valence-corrected chi connectivity index (χ2v) is 2.43. The van der Waals surface area contributed by atoms with E-state index in [2.05, 4.69) is 23.4 Å². The molecule has 1 nitrogen and oxygen atoms in total. The third-order valence-corrected chi connectivity index (χ3v) is 1.42. The molecule has 0 aliphatic heterocycles. The van der Waals surface area contributed by atoms with Crippen LogP contribution in [-0.4, -0.2) is 13.1 Å². The molecule has 0 aromatic heterocycles. The Morgan fingerprint density at radius 1 is 1.45 bits per heavy atom. The van der Waals surface area contributed by atoms with Gasteiger partial charge in [-0.2, -0.15) is 0 Å². The van der Waals surface area contributed by atoms with Crippen molar-refractivity contribution in [3.63, 3.8) is 0 Å². The van der Waals surface area contributed by atoms with Gasteiger partial charge in [0.15, 0.2) is 0 Å². The van der Waals surface area contributed by atoms with E-state index >= 15 is 0 Å². The minimum absolute atomic E-state index is 0.908. The molecule has 0 saturated carbocycles. The van der Waals surface area contributed by atoms with E-state index in [0.717, 1.165) is 25.9 Å². The molecule has 0 aromatic carbocycles. The van der Waals surface area contributed by atoms with E-state index in [-0.39, 0.29) is 0 Å². The molecule has 0 aliphatic rings. The first-order chi connectivity index (χ1) is 5.41. The topological polar surface area (TPSA) is 12.0 Å². The summed E-state index contributed by atoms with van der Waals surface area (Å²) in [6, 6.07) is 0. The van der Waals surface area contributed by atoms with Gasteiger partial charge in [0.25, 0.3) is 0 Å². The second kappa shape index (κ2) is 9.26. The standard InChI is InChI=1S/C10H17N/c1-3-5-7-8-10-11-9-6-4-2/h1,4,6,11H,5,7-10H2,2H3/b6-4+. The van der Waals surface area contributed by atoms with Crippen molar-refractivity contribution >= 4 is 0 Å². The van der Waals surface area contributed by atoms with Crippen molar-refractivity contribution in [3.05, 3.63) is 12.2 Å². The first-order valence-corrected chi connectivity index (χ1v) is 4.17. The van der Waals surface area contributed by atoms with Gasteiger partial charge in [-0.05, 0) is 26.3 Å². The molecule has 0 spiro atoms. The van der Waals surface area contributed by atoms with Crippen LogP contribution in [0.3, 0.4) is 0 Å². The number of hydrogen-bond donors (Lipinski definition) is 1. The Bertz CT molecular complexity index is 130. The second-order valence-electron chi connectivity index (χ2n) is 2.43. The van der Waals surface area contributed by atoms with Gasteiger partial charge in [-0.15, -0.1) is 12.3 Å². The first kappa shape index (κ1) is 10.3.